The molecule has 10 nitrogen and oxygen atoms in total. The number of hydrogen-bond donors (Lipinski definition) is 2. The second kappa shape index (κ2) is 11.6. The minimum Gasteiger partial charge on any atom is -0.503 e. The fourth-order valence-corrected chi connectivity index (χ4v) is 4.51. The molecule has 4 rings (SSSR count). The van der Waals surface area contributed by atoms with Gasteiger partial charge in [0.2, 0.25) is 0 Å². The Labute approximate surface area is 234 Å². The summed E-state index contributed by atoms with van der Waals surface area (Å²) in [5, 5.41) is 21.4. The second-order valence-electron chi connectivity index (χ2n) is 8.36. The monoisotopic (exact) mass is 559 g/mol. The van der Waals surface area contributed by atoms with Crippen LogP contribution in [0.25, 0.3) is 0 Å². The maximum Gasteiger partial charge on any atom is 0.355 e. The Morgan fingerprint density at radius 3 is 2.12 bits per heavy atom. The number of hydrogen-bond acceptors (Lipinski definition) is 10. The van der Waals surface area contributed by atoms with Crippen molar-refractivity contribution in [3.05, 3.63) is 112 Å². The molecule has 0 amide bonds. The number of anilines is 1. The highest BCUT2D eigenvalue weighted by Gasteiger charge is 2.44. The van der Waals surface area contributed by atoms with E-state index in [4.69, 9.17) is 31.5 Å². The highest BCUT2D eigenvalue weighted by Crippen LogP contribution is 2.48. The lowest BCUT2D eigenvalue weighted by atomic mass is 9.81. The first-order chi connectivity index (χ1) is 19.2. The number of nitriles is 1. The van der Waals surface area contributed by atoms with Crippen molar-refractivity contribution in [2.75, 3.05) is 19.1 Å². The average molecular weight is 560 g/mol. The van der Waals surface area contributed by atoms with Crippen LogP contribution < -0.4 is 15.4 Å². The molecular formula is C29H22ClN3O7. The van der Waals surface area contributed by atoms with Gasteiger partial charge in [-0.1, -0.05) is 60.1 Å². The summed E-state index contributed by atoms with van der Waals surface area (Å²) in [5.74, 6) is -5.20. The molecule has 202 valence electrons. The van der Waals surface area contributed by atoms with Gasteiger partial charge in [0.15, 0.2) is 11.5 Å². The lowest BCUT2D eigenvalue weighted by molar-refractivity contribution is -0.139. The molecule has 0 bridgehead atoms. The van der Waals surface area contributed by atoms with Crippen LogP contribution in [0, 0.1) is 11.3 Å². The van der Waals surface area contributed by atoms with Gasteiger partial charge in [-0.3, -0.25) is 4.90 Å². The molecule has 1 aliphatic heterocycles. The summed E-state index contributed by atoms with van der Waals surface area (Å²) >= 11 is 6.33. The smallest absolute Gasteiger partial charge is 0.355 e. The molecule has 3 aromatic carbocycles. The van der Waals surface area contributed by atoms with Crippen molar-refractivity contribution in [1.29, 1.82) is 5.26 Å². The average Bonchev–Trinajstić information content (AvgIpc) is 2.98. The van der Waals surface area contributed by atoms with Crippen LogP contribution in [-0.4, -0.2) is 37.2 Å². The quantitative estimate of drug-likeness (QED) is 0.332. The first kappa shape index (κ1) is 27.8. The summed E-state index contributed by atoms with van der Waals surface area (Å²) in [6, 6.07) is 20.9. The molecule has 1 aliphatic rings. The third-order valence-electron chi connectivity index (χ3n) is 6.08. The van der Waals surface area contributed by atoms with Crippen LogP contribution >= 0.6 is 11.6 Å². The summed E-state index contributed by atoms with van der Waals surface area (Å²) in [5.41, 5.74) is 6.04. The number of phenolic OH excluding ortho intramolecular Hbond substituents is 1. The number of nitrogens with two attached hydrogens (primary N) is 1. The van der Waals surface area contributed by atoms with Gasteiger partial charge in [-0.05, 0) is 23.8 Å². The van der Waals surface area contributed by atoms with Crippen LogP contribution in [0.1, 0.15) is 21.8 Å². The number of nitrogens with zero attached hydrogens (tertiary/aromatic N) is 2. The number of halogens is 1. The van der Waals surface area contributed by atoms with Gasteiger partial charge in [-0.2, -0.15) is 5.26 Å². The molecule has 1 atom stereocenters. The SMILES string of the molecule is COC(=O)C1=C(C(=O)OC)N(c2cc(Cl)cc(OC(=O)c3ccccc3)c2O)C(N)=C(C#N)C1c1ccccc1. The third-order valence-corrected chi connectivity index (χ3v) is 6.30. The predicted octanol–water partition coefficient (Wildman–Crippen LogP) is 4.16. The van der Waals surface area contributed by atoms with Gasteiger partial charge in [-0.25, -0.2) is 14.4 Å². The zero-order valence-corrected chi connectivity index (χ0v) is 22.0. The zero-order valence-electron chi connectivity index (χ0n) is 21.3. The molecule has 0 radical (unpaired) electrons. The predicted molar refractivity (Wildman–Crippen MR) is 144 cm³/mol. The van der Waals surface area contributed by atoms with Gasteiger partial charge in [0, 0.05) is 11.1 Å². The van der Waals surface area contributed by atoms with Gasteiger partial charge in [0.25, 0.3) is 0 Å². The summed E-state index contributed by atoms with van der Waals surface area (Å²) < 4.78 is 15.4. The topological polar surface area (TPSA) is 152 Å². The maximum atomic E-state index is 13.3. The molecule has 0 saturated heterocycles. The molecule has 0 aliphatic carbocycles. The minimum absolute atomic E-state index is 0.0241. The Morgan fingerprint density at radius 2 is 1.55 bits per heavy atom. The number of methoxy groups -OCH3 is 2. The number of aromatic hydroxyl groups is 1. The van der Waals surface area contributed by atoms with Crippen LogP contribution in [0.15, 0.2) is 95.5 Å². The molecule has 1 unspecified atom stereocenters. The van der Waals surface area contributed by atoms with E-state index in [1.165, 1.54) is 24.3 Å². The molecule has 0 spiro atoms. The van der Waals surface area contributed by atoms with Crippen molar-refractivity contribution in [1.82, 2.24) is 0 Å². The van der Waals surface area contributed by atoms with E-state index in [0.29, 0.717) is 5.56 Å². The molecular weight excluding hydrogens is 538 g/mol. The van der Waals surface area contributed by atoms with E-state index >= 15 is 0 Å². The number of allylic oxidation sites excluding steroid dienone is 1. The molecule has 3 N–H and O–H groups in total. The van der Waals surface area contributed by atoms with Gasteiger partial charge in [-0.15, -0.1) is 0 Å². The number of carbonyl (C=O) groups excluding carboxylic acids is 3. The highest BCUT2D eigenvalue weighted by molar-refractivity contribution is 6.31. The summed E-state index contributed by atoms with van der Waals surface area (Å²) in [4.78, 5) is 40.1. The van der Waals surface area contributed by atoms with Crippen LogP contribution in [0.3, 0.4) is 0 Å². The molecule has 1 heterocycles. The van der Waals surface area contributed by atoms with E-state index in [2.05, 4.69) is 0 Å². The van der Waals surface area contributed by atoms with Crippen molar-refractivity contribution in [3.8, 4) is 17.6 Å². The summed E-state index contributed by atoms with van der Waals surface area (Å²) in [6.07, 6.45) is 0. The van der Waals surface area contributed by atoms with E-state index in [1.807, 2.05) is 6.07 Å². The Hall–Kier alpha value is -5.27. The first-order valence-electron chi connectivity index (χ1n) is 11.7. The maximum absolute atomic E-state index is 13.3. The normalized spacial score (nSPS) is 14.8. The van der Waals surface area contributed by atoms with E-state index in [0.717, 1.165) is 19.1 Å². The molecule has 0 aromatic heterocycles. The van der Waals surface area contributed by atoms with E-state index in [9.17, 15) is 24.8 Å². The number of rotatable bonds is 6. The van der Waals surface area contributed by atoms with Crippen LogP contribution in [0.4, 0.5) is 5.69 Å². The van der Waals surface area contributed by atoms with E-state index in [-0.39, 0.29) is 39.0 Å². The van der Waals surface area contributed by atoms with Crippen molar-refractivity contribution < 1.29 is 33.7 Å². The number of esters is 3. The van der Waals surface area contributed by atoms with Crippen molar-refractivity contribution >= 4 is 35.2 Å². The lowest BCUT2D eigenvalue weighted by Gasteiger charge is -2.36. The molecule has 0 saturated carbocycles. The van der Waals surface area contributed by atoms with Crippen molar-refractivity contribution in [3.63, 3.8) is 0 Å². The zero-order chi connectivity index (χ0) is 29.0. The van der Waals surface area contributed by atoms with Crippen LogP contribution in [0.2, 0.25) is 5.02 Å². The Kier molecular flexibility index (Phi) is 8.07. The number of ether oxygens (including phenoxy) is 3. The van der Waals surface area contributed by atoms with Gasteiger partial charge in [0.05, 0.1) is 48.6 Å². The Morgan fingerprint density at radius 1 is 0.950 bits per heavy atom. The molecule has 11 heteroatoms. The van der Waals surface area contributed by atoms with Crippen molar-refractivity contribution in [2.45, 2.75) is 5.92 Å². The standard InChI is InChI=1S/C29H22ClN3O7/c1-38-28(36)23-22(16-9-5-3-6-10-16)19(15-31)26(32)33(24(23)29(37)39-2)20-13-18(30)14-21(25(20)34)40-27(35)17-11-7-4-8-12-17/h3-14,22,34H,32H2,1-2H3. The van der Waals surface area contributed by atoms with Gasteiger partial charge >= 0.3 is 17.9 Å². The van der Waals surface area contributed by atoms with Crippen LogP contribution in [-0.2, 0) is 19.1 Å². The minimum atomic E-state index is -1.11. The fourth-order valence-electron chi connectivity index (χ4n) is 4.31. The highest BCUT2D eigenvalue weighted by atomic mass is 35.5. The third kappa shape index (κ3) is 5.06. The van der Waals surface area contributed by atoms with E-state index in [1.54, 1.807) is 48.5 Å². The van der Waals surface area contributed by atoms with Crippen molar-refractivity contribution in [2.24, 2.45) is 5.73 Å². The van der Waals surface area contributed by atoms with Gasteiger partial charge < -0.3 is 25.1 Å². The molecule has 0 fully saturated rings. The second-order valence-corrected chi connectivity index (χ2v) is 8.80. The number of carbonyl (C=O) groups is 3. The number of benzene rings is 3. The first-order valence-corrected chi connectivity index (χ1v) is 12.1. The van der Waals surface area contributed by atoms with Crippen LogP contribution in [0.5, 0.6) is 11.5 Å². The largest absolute Gasteiger partial charge is 0.503 e. The Bertz CT molecular complexity index is 1600. The lowest BCUT2D eigenvalue weighted by Crippen LogP contribution is -2.40. The Balaban J connectivity index is 1.99. The van der Waals surface area contributed by atoms with Gasteiger partial charge in [0.1, 0.15) is 11.5 Å². The molecule has 40 heavy (non-hydrogen) atoms. The summed E-state index contributed by atoms with van der Waals surface area (Å²) in [6.45, 7) is 0. The number of phenols is 1. The fraction of sp³-hybridized carbons (Fsp3) is 0.103. The molecule has 3 aromatic rings. The summed E-state index contributed by atoms with van der Waals surface area (Å²) in [7, 11) is 2.20. The van der Waals surface area contributed by atoms with E-state index < -0.39 is 35.3 Å².